The van der Waals surface area contributed by atoms with Crippen LogP contribution in [0.5, 0.6) is 0 Å². The number of carbonyl (C=O) groups is 1. The average Bonchev–Trinajstić information content (AvgIpc) is 3.07. The highest BCUT2D eigenvalue weighted by Gasteiger charge is 2.59. The van der Waals surface area contributed by atoms with Crippen LogP contribution >= 0.6 is 0 Å². The predicted octanol–water partition coefficient (Wildman–Crippen LogP) is 5.94. The molecule has 3 fully saturated rings. The molecule has 0 N–H and O–H groups in total. The zero-order valence-corrected chi connectivity index (χ0v) is 18.6. The molecule has 1 unspecified atom stereocenters. The van der Waals surface area contributed by atoms with Crippen LogP contribution < -0.4 is 0 Å². The number of likely N-dealkylation sites (tertiary alicyclic amines) is 1. The van der Waals surface area contributed by atoms with Crippen LogP contribution in [0.2, 0.25) is 0 Å². The molecule has 0 aromatic rings. The van der Waals surface area contributed by atoms with E-state index in [0.717, 1.165) is 18.9 Å². The van der Waals surface area contributed by atoms with Crippen LogP contribution in [-0.4, -0.2) is 30.6 Å². The zero-order chi connectivity index (χ0) is 19.9. The number of ether oxygens (including phenoxy) is 1. The second-order valence-corrected chi connectivity index (χ2v) is 10.7. The first kappa shape index (κ1) is 20.4. The van der Waals surface area contributed by atoms with Crippen molar-refractivity contribution in [1.82, 2.24) is 4.90 Å². The summed E-state index contributed by atoms with van der Waals surface area (Å²) in [6.45, 7) is 8.14. The van der Waals surface area contributed by atoms with Crippen molar-refractivity contribution in [1.29, 1.82) is 0 Å². The van der Waals surface area contributed by atoms with Gasteiger partial charge in [0, 0.05) is 31.2 Å². The highest BCUT2D eigenvalue weighted by Crippen LogP contribution is 2.64. The van der Waals surface area contributed by atoms with E-state index in [9.17, 15) is 4.79 Å². The Bertz CT molecular complexity index is 628. The predicted molar refractivity (Wildman–Crippen MR) is 114 cm³/mol. The highest BCUT2D eigenvalue weighted by molar-refractivity contribution is 5.79. The number of allylic oxidation sites excluding steroid dienone is 1. The van der Waals surface area contributed by atoms with Gasteiger partial charge in [-0.15, -0.1) is 0 Å². The van der Waals surface area contributed by atoms with E-state index in [-0.39, 0.29) is 17.4 Å². The van der Waals surface area contributed by atoms with Crippen molar-refractivity contribution < 1.29 is 9.53 Å². The van der Waals surface area contributed by atoms with E-state index in [1.807, 2.05) is 11.9 Å². The van der Waals surface area contributed by atoms with Crippen LogP contribution in [0, 0.1) is 28.6 Å². The lowest BCUT2D eigenvalue weighted by molar-refractivity contribution is -0.140. The molecule has 2 saturated carbocycles. The van der Waals surface area contributed by atoms with Gasteiger partial charge < -0.3 is 9.64 Å². The Morgan fingerprint density at radius 2 is 1.93 bits per heavy atom. The van der Waals surface area contributed by atoms with Gasteiger partial charge in [-0.2, -0.15) is 0 Å². The average molecular weight is 388 g/mol. The molecule has 158 valence electrons. The second kappa shape index (κ2) is 7.78. The van der Waals surface area contributed by atoms with Crippen LogP contribution in [0.25, 0.3) is 0 Å². The standard InChI is InChI=1S/C25H41NO2/c1-5-6-7-8-16-28-20-17-21-25(3,15-12-22(27)26(21)4)19-11-14-24(2)13-9-10-18(24)23(19)20/h17-20,23H,5-16H2,1-4H3/t18-,19+,20?,23-,24-,25+/m0/s1. The van der Waals surface area contributed by atoms with E-state index in [2.05, 4.69) is 26.8 Å². The SMILES string of the molecule is CCCCCCOC1C=C2N(C)C(=O)CC[C@]2(C)[C@@H]2CC[C@]3(C)CCC[C@H]3[C@H]12. The highest BCUT2D eigenvalue weighted by atomic mass is 16.5. The molecule has 6 atom stereocenters. The third-order valence-corrected chi connectivity index (χ3v) is 9.12. The van der Waals surface area contributed by atoms with Crippen molar-refractivity contribution in [3.8, 4) is 0 Å². The minimum Gasteiger partial charge on any atom is -0.374 e. The summed E-state index contributed by atoms with van der Waals surface area (Å²) in [4.78, 5) is 14.4. The number of hydrogen-bond acceptors (Lipinski definition) is 2. The molecule has 3 aliphatic carbocycles. The molecular formula is C25H41NO2. The maximum absolute atomic E-state index is 12.5. The third kappa shape index (κ3) is 3.26. The van der Waals surface area contributed by atoms with Gasteiger partial charge in [0.05, 0.1) is 6.10 Å². The third-order valence-electron chi connectivity index (χ3n) is 9.12. The summed E-state index contributed by atoms with van der Waals surface area (Å²) >= 11 is 0. The number of amides is 1. The molecule has 3 heteroatoms. The van der Waals surface area contributed by atoms with Crippen LogP contribution in [0.15, 0.2) is 11.8 Å². The van der Waals surface area contributed by atoms with E-state index in [0.29, 0.717) is 23.7 Å². The van der Waals surface area contributed by atoms with Crippen LogP contribution in [-0.2, 0) is 9.53 Å². The molecule has 28 heavy (non-hydrogen) atoms. The molecule has 1 aliphatic heterocycles. The number of carbonyl (C=O) groups excluding carboxylic acids is 1. The van der Waals surface area contributed by atoms with Crippen molar-refractivity contribution in [3.63, 3.8) is 0 Å². The monoisotopic (exact) mass is 387 g/mol. The summed E-state index contributed by atoms with van der Waals surface area (Å²) in [5.41, 5.74) is 1.94. The minimum atomic E-state index is 0.152. The molecule has 0 aromatic carbocycles. The van der Waals surface area contributed by atoms with Crippen molar-refractivity contribution in [2.75, 3.05) is 13.7 Å². The van der Waals surface area contributed by atoms with Crippen molar-refractivity contribution >= 4 is 5.91 Å². The van der Waals surface area contributed by atoms with Gasteiger partial charge in [-0.1, -0.05) is 46.5 Å². The first-order valence-electron chi connectivity index (χ1n) is 12.0. The first-order valence-corrected chi connectivity index (χ1v) is 12.0. The summed E-state index contributed by atoms with van der Waals surface area (Å²) in [5.74, 6) is 2.39. The quantitative estimate of drug-likeness (QED) is 0.528. The Balaban J connectivity index is 1.63. The molecule has 0 radical (unpaired) electrons. The number of fused-ring (bicyclic) bond motifs is 5. The van der Waals surface area contributed by atoms with Crippen molar-refractivity contribution in [3.05, 3.63) is 11.8 Å². The smallest absolute Gasteiger partial charge is 0.226 e. The maximum atomic E-state index is 12.5. The lowest BCUT2D eigenvalue weighted by Gasteiger charge is -2.59. The van der Waals surface area contributed by atoms with Gasteiger partial charge in [0.1, 0.15) is 0 Å². The van der Waals surface area contributed by atoms with Gasteiger partial charge in [0.2, 0.25) is 5.91 Å². The molecule has 1 saturated heterocycles. The Morgan fingerprint density at radius 3 is 2.71 bits per heavy atom. The number of rotatable bonds is 6. The normalized spacial score (nSPS) is 42.6. The fourth-order valence-corrected chi connectivity index (χ4v) is 7.42. The summed E-state index contributed by atoms with van der Waals surface area (Å²) < 4.78 is 6.62. The first-order chi connectivity index (χ1) is 13.4. The van der Waals surface area contributed by atoms with Gasteiger partial charge in [-0.05, 0) is 67.8 Å². The molecule has 0 spiro atoms. The number of hydrogen-bond donors (Lipinski definition) is 0. The molecular weight excluding hydrogens is 346 g/mol. The summed E-state index contributed by atoms with van der Waals surface area (Å²) in [5, 5.41) is 0. The van der Waals surface area contributed by atoms with E-state index in [4.69, 9.17) is 4.74 Å². The van der Waals surface area contributed by atoms with Crippen molar-refractivity contribution in [2.24, 2.45) is 28.6 Å². The molecule has 3 nitrogen and oxygen atoms in total. The van der Waals surface area contributed by atoms with Crippen molar-refractivity contribution in [2.45, 2.75) is 97.5 Å². The topological polar surface area (TPSA) is 29.5 Å². The van der Waals surface area contributed by atoms with Gasteiger partial charge in [0.15, 0.2) is 0 Å². The number of piperidine rings is 1. The lowest BCUT2D eigenvalue weighted by Crippen LogP contribution is -2.57. The Hall–Kier alpha value is -0.830. The summed E-state index contributed by atoms with van der Waals surface area (Å²) in [7, 11) is 1.99. The Morgan fingerprint density at radius 1 is 1.11 bits per heavy atom. The second-order valence-electron chi connectivity index (χ2n) is 10.7. The zero-order valence-electron chi connectivity index (χ0n) is 18.6. The van der Waals surface area contributed by atoms with Gasteiger partial charge in [0.25, 0.3) is 0 Å². The number of unbranched alkanes of at least 4 members (excludes halogenated alkanes) is 3. The van der Waals surface area contributed by atoms with Gasteiger partial charge in [-0.3, -0.25) is 4.79 Å². The van der Waals surface area contributed by atoms with E-state index < -0.39 is 0 Å². The fourth-order valence-electron chi connectivity index (χ4n) is 7.42. The Labute approximate surface area is 172 Å². The molecule has 0 bridgehead atoms. The van der Waals surface area contributed by atoms with Gasteiger partial charge in [-0.25, -0.2) is 0 Å². The van der Waals surface area contributed by atoms with E-state index in [1.54, 1.807) is 0 Å². The lowest BCUT2D eigenvalue weighted by atomic mass is 9.49. The minimum absolute atomic E-state index is 0.152. The maximum Gasteiger partial charge on any atom is 0.226 e. The van der Waals surface area contributed by atoms with Crippen LogP contribution in [0.1, 0.15) is 91.4 Å². The van der Waals surface area contributed by atoms with E-state index >= 15 is 0 Å². The molecule has 1 heterocycles. The van der Waals surface area contributed by atoms with E-state index in [1.165, 1.54) is 63.5 Å². The fraction of sp³-hybridized carbons (Fsp3) is 0.880. The molecule has 1 amide bonds. The summed E-state index contributed by atoms with van der Waals surface area (Å²) in [6.07, 6.45) is 16.2. The molecule has 0 aromatic heterocycles. The largest absolute Gasteiger partial charge is 0.374 e. The van der Waals surface area contributed by atoms with Crippen LogP contribution in [0.4, 0.5) is 0 Å². The van der Waals surface area contributed by atoms with Gasteiger partial charge >= 0.3 is 0 Å². The molecule has 4 aliphatic rings. The summed E-state index contributed by atoms with van der Waals surface area (Å²) in [6, 6.07) is 0. The number of nitrogens with zero attached hydrogens (tertiary/aromatic N) is 1. The Kier molecular flexibility index (Phi) is 5.68. The van der Waals surface area contributed by atoms with Crippen LogP contribution in [0.3, 0.4) is 0 Å². The molecule has 4 rings (SSSR count).